The summed E-state index contributed by atoms with van der Waals surface area (Å²) in [5.74, 6) is 0.582. The van der Waals surface area contributed by atoms with Crippen LogP contribution >= 0.6 is 24.0 Å². The van der Waals surface area contributed by atoms with Gasteiger partial charge in [0.25, 0.3) is 0 Å². The molecule has 1 N–H and O–H groups in total. The van der Waals surface area contributed by atoms with Gasteiger partial charge < -0.3 is 15.0 Å². The Hall–Kier alpha value is -1.38. The lowest BCUT2D eigenvalue weighted by Crippen LogP contribution is -2.48. The molecule has 1 aromatic carbocycles. The molecule has 0 atom stereocenters. The van der Waals surface area contributed by atoms with Crippen molar-refractivity contribution in [3.8, 4) is 0 Å². The molecule has 1 aliphatic carbocycles. The zero-order valence-corrected chi connectivity index (χ0v) is 18.4. The van der Waals surface area contributed by atoms with Crippen molar-refractivity contribution in [1.29, 1.82) is 0 Å². The number of halogens is 2. The first-order chi connectivity index (χ1) is 12.6. The number of esters is 1. The molecule has 0 aromatic heterocycles. The highest BCUT2D eigenvalue weighted by molar-refractivity contribution is 14.0. The summed E-state index contributed by atoms with van der Waals surface area (Å²) in [6, 6.07) is 6.91. The van der Waals surface area contributed by atoms with Gasteiger partial charge in [-0.1, -0.05) is 12.1 Å². The number of hydrogen-bond donors (Lipinski definition) is 1. The molecule has 0 spiro atoms. The van der Waals surface area contributed by atoms with Gasteiger partial charge in [0.2, 0.25) is 0 Å². The number of nitrogens with one attached hydrogen (secondary N) is 1. The van der Waals surface area contributed by atoms with Crippen LogP contribution in [0.1, 0.15) is 38.2 Å². The fourth-order valence-electron chi connectivity index (χ4n) is 3.70. The molecule has 1 saturated carbocycles. The van der Waals surface area contributed by atoms with Crippen LogP contribution in [0.15, 0.2) is 29.3 Å². The van der Waals surface area contributed by atoms with Crippen molar-refractivity contribution in [3.05, 3.63) is 35.6 Å². The van der Waals surface area contributed by atoms with Gasteiger partial charge in [0.15, 0.2) is 5.96 Å². The summed E-state index contributed by atoms with van der Waals surface area (Å²) in [6.45, 7) is 4.60. The van der Waals surface area contributed by atoms with Gasteiger partial charge in [0.1, 0.15) is 5.82 Å². The minimum absolute atomic E-state index is 0. The van der Waals surface area contributed by atoms with Gasteiger partial charge in [-0.3, -0.25) is 9.79 Å². The number of nitrogens with zero attached hydrogens (tertiary/aromatic N) is 2. The molecule has 3 rings (SSSR count). The Morgan fingerprint density at radius 3 is 2.63 bits per heavy atom. The van der Waals surface area contributed by atoms with Crippen LogP contribution < -0.4 is 5.32 Å². The van der Waals surface area contributed by atoms with Crippen molar-refractivity contribution < 1.29 is 13.9 Å². The van der Waals surface area contributed by atoms with Crippen LogP contribution in [0, 0.1) is 11.7 Å². The molecule has 0 amide bonds. The normalized spacial score (nSPS) is 19.2. The van der Waals surface area contributed by atoms with E-state index in [-0.39, 0.29) is 47.1 Å². The molecule has 0 bridgehead atoms. The highest BCUT2D eigenvalue weighted by Crippen LogP contribution is 2.47. The molecule has 1 saturated heterocycles. The smallest absolute Gasteiger partial charge is 0.309 e. The monoisotopic (exact) mass is 489 g/mol. The van der Waals surface area contributed by atoms with Gasteiger partial charge in [-0.05, 0) is 50.3 Å². The SMILES string of the molecule is CCOC(=O)C1CCN(C(=NC)NCC2(c3cccc(F)c3)CC2)CC1.I. The maximum absolute atomic E-state index is 13.5. The summed E-state index contributed by atoms with van der Waals surface area (Å²) >= 11 is 0. The maximum atomic E-state index is 13.5. The number of guanidine groups is 1. The number of aliphatic imine (C=N–C) groups is 1. The standard InChI is InChI=1S/C20H28FN3O2.HI/c1-3-26-18(25)15-7-11-24(12-8-15)19(22-2)23-14-20(9-10-20)16-5-4-6-17(21)13-16;/h4-6,13,15H,3,7-12,14H2,1-2H3,(H,22,23);1H. The van der Waals surface area contributed by atoms with Crippen LogP contribution in [0.5, 0.6) is 0 Å². The largest absolute Gasteiger partial charge is 0.466 e. The predicted molar refractivity (Wildman–Crippen MR) is 115 cm³/mol. The summed E-state index contributed by atoms with van der Waals surface area (Å²) in [4.78, 5) is 18.5. The molecule has 2 fully saturated rings. The van der Waals surface area contributed by atoms with Crippen molar-refractivity contribution in [2.24, 2.45) is 10.9 Å². The Bertz CT molecular complexity index is 671. The molecule has 2 aliphatic rings. The van der Waals surface area contributed by atoms with E-state index >= 15 is 0 Å². The number of carbonyl (C=O) groups excluding carboxylic acids is 1. The predicted octanol–water partition coefficient (Wildman–Crippen LogP) is 3.33. The molecule has 150 valence electrons. The average molecular weight is 489 g/mol. The van der Waals surface area contributed by atoms with Crippen LogP contribution in [-0.4, -0.2) is 50.1 Å². The molecular weight excluding hydrogens is 460 g/mol. The second-order valence-electron chi connectivity index (χ2n) is 7.20. The van der Waals surface area contributed by atoms with Crippen molar-refractivity contribution in [2.45, 2.75) is 38.0 Å². The van der Waals surface area contributed by atoms with Gasteiger partial charge in [0.05, 0.1) is 12.5 Å². The summed E-state index contributed by atoms with van der Waals surface area (Å²) in [7, 11) is 1.78. The van der Waals surface area contributed by atoms with E-state index in [2.05, 4.69) is 15.2 Å². The summed E-state index contributed by atoms with van der Waals surface area (Å²) in [5, 5.41) is 3.47. The molecule has 1 aliphatic heterocycles. The number of benzene rings is 1. The van der Waals surface area contributed by atoms with E-state index in [1.54, 1.807) is 19.2 Å². The molecule has 1 aromatic rings. The average Bonchev–Trinajstić information content (AvgIpc) is 3.44. The number of carbonyl (C=O) groups is 1. The number of rotatable bonds is 5. The number of piperidine rings is 1. The van der Waals surface area contributed by atoms with Gasteiger partial charge >= 0.3 is 5.97 Å². The third-order valence-corrected chi connectivity index (χ3v) is 5.50. The molecule has 1 heterocycles. The van der Waals surface area contributed by atoms with Gasteiger partial charge in [-0.15, -0.1) is 24.0 Å². The minimum atomic E-state index is -0.181. The molecule has 0 radical (unpaired) electrons. The van der Waals surface area contributed by atoms with Gasteiger partial charge in [-0.2, -0.15) is 0 Å². The molecular formula is C20H29FIN3O2. The van der Waals surface area contributed by atoms with E-state index < -0.39 is 0 Å². The van der Waals surface area contributed by atoms with Crippen LogP contribution in [0.4, 0.5) is 4.39 Å². The first-order valence-electron chi connectivity index (χ1n) is 9.46. The van der Waals surface area contributed by atoms with Crippen molar-refractivity contribution in [2.75, 3.05) is 33.3 Å². The minimum Gasteiger partial charge on any atom is -0.466 e. The molecule has 5 nitrogen and oxygen atoms in total. The molecule has 0 unspecified atom stereocenters. The second kappa shape index (κ2) is 9.71. The van der Waals surface area contributed by atoms with Gasteiger partial charge in [0, 0.05) is 32.1 Å². The van der Waals surface area contributed by atoms with Crippen LogP contribution in [0.3, 0.4) is 0 Å². The lowest BCUT2D eigenvalue weighted by molar-refractivity contribution is -0.149. The van der Waals surface area contributed by atoms with Crippen LogP contribution in [0.25, 0.3) is 0 Å². The highest BCUT2D eigenvalue weighted by Gasteiger charge is 2.44. The third-order valence-electron chi connectivity index (χ3n) is 5.50. The van der Waals surface area contributed by atoms with Crippen LogP contribution in [-0.2, 0) is 14.9 Å². The first kappa shape index (κ1) is 21.9. The lowest BCUT2D eigenvalue weighted by Gasteiger charge is -2.34. The van der Waals surface area contributed by atoms with Gasteiger partial charge in [-0.25, -0.2) is 4.39 Å². The van der Waals surface area contributed by atoms with Crippen LogP contribution in [0.2, 0.25) is 0 Å². The number of ether oxygens (including phenoxy) is 1. The van der Waals surface area contributed by atoms with E-state index in [0.29, 0.717) is 6.61 Å². The summed E-state index contributed by atoms with van der Waals surface area (Å²) < 4.78 is 18.7. The van der Waals surface area contributed by atoms with Crippen molar-refractivity contribution in [3.63, 3.8) is 0 Å². The lowest BCUT2D eigenvalue weighted by atomic mass is 9.95. The fraction of sp³-hybridized carbons (Fsp3) is 0.600. The zero-order chi connectivity index (χ0) is 18.6. The Labute approximate surface area is 177 Å². The fourth-order valence-corrected chi connectivity index (χ4v) is 3.70. The van der Waals surface area contributed by atoms with E-state index in [9.17, 15) is 9.18 Å². The van der Waals surface area contributed by atoms with E-state index in [4.69, 9.17) is 4.74 Å². The Kier molecular flexibility index (Phi) is 7.88. The Morgan fingerprint density at radius 2 is 2.07 bits per heavy atom. The Morgan fingerprint density at radius 1 is 1.37 bits per heavy atom. The van der Waals surface area contributed by atoms with E-state index in [1.807, 2.05) is 13.0 Å². The van der Waals surface area contributed by atoms with E-state index in [1.165, 1.54) is 6.07 Å². The number of hydrogen-bond acceptors (Lipinski definition) is 3. The summed E-state index contributed by atoms with van der Waals surface area (Å²) in [6.07, 6.45) is 3.69. The van der Waals surface area contributed by atoms with Crippen molar-refractivity contribution >= 4 is 35.9 Å². The zero-order valence-electron chi connectivity index (χ0n) is 16.0. The van der Waals surface area contributed by atoms with E-state index in [0.717, 1.165) is 56.8 Å². The third kappa shape index (κ3) is 5.33. The quantitative estimate of drug-likeness (QED) is 0.299. The maximum Gasteiger partial charge on any atom is 0.309 e. The number of likely N-dealkylation sites (tertiary alicyclic amines) is 1. The highest BCUT2D eigenvalue weighted by atomic mass is 127. The summed E-state index contributed by atoms with van der Waals surface area (Å²) in [5.41, 5.74) is 1.07. The first-order valence-corrected chi connectivity index (χ1v) is 9.46. The van der Waals surface area contributed by atoms with Crippen molar-refractivity contribution in [1.82, 2.24) is 10.2 Å². The molecule has 27 heavy (non-hydrogen) atoms. The second-order valence-corrected chi connectivity index (χ2v) is 7.20. The topological polar surface area (TPSA) is 53.9 Å². The Balaban J connectivity index is 0.00000261. The molecule has 7 heteroatoms.